The van der Waals surface area contributed by atoms with E-state index in [1.54, 1.807) is 12.1 Å². The molecule has 2 N–H and O–H groups in total. The van der Waals surface area contributed by atoms with E-state index in [0.717, 1.165) is 57.8 Å². The highest BCUT2D eigenvalue weighted by atomic mass is 16.4. The Balaban J connectivity index is 1.33. The van der Waals surface area contributed by atoms with Crippen LogP contribution >= 0.6 is 0 Å². The summed E-state index contributed by atoms with van der Waals surface area (Å²) in [5, 5.41) is 7.38. The van der Waals surface area contributed by atoms with Crippen molar-refractivity contribution in [2.45, 2.75) is 33.1 Å². The first-order chi connectivity index (χ1) is 17.5. The van der Waals surface area contributed by atoms with Gasteiger partial charge in [-0.15, -0.1) is 0 Å². The van der Waals surface area contributed by atoms with Crippen molar-refractivity contribution >= 4 is 23.2 Å². The van der Waals surface area contributed by atoms with Crippen LogP contribution in [0, 0.1) is 13.8 Å². The molecule has 0 bridgehead atoms. The number of hydrogen-bond acceptors (Lipinski definition) is 4. The highest BCUT2D eigenvalue weighted by Crippen LogP contribution is 2.30. The Bertz CT molecular complexity index is 1450. The molecule has 0 spiro atoms. The summed E-state index contributed by atoms with van der Waals surface area (Å²) in [7, 11) is 0. The third-order valence-corrected chi connectivity index (χ3v) is 6.47. The summed E-state index contributed by atoms with van der Waals surface area (Å²) in [4.78, 5) is 25.8. The summed E-state index contributed by atoms with van der Waals surface area (Å²) >= 11 is 0. The largest absolute Gasteiger partial charge is 0.455 e. The quantitative estimate of drug-likeness (QED) is 0.332. The molecule has 6 heteroatoms. The van der Waals surface area contributed by atoms with Crippen molar-refractivity contribution in [3.8, 4) is 11.1 Å². The zero-order chi connectivity index (χ0) is 25.1. The third kappa shape index (κ3) is 4.70. The maximum Gasteiger partial charge on any atom is 0.291 e. The van der Waals surface area contributed by atoms with E-state index in [2.05, 4.69) is 15.8 Å². The van der Waals surface area contributed by atoms with Crippen molar-refractivity contribution in [1.29, 1.82) is 0 Å². The van der Waals surface area contributed by atoms with E-state index in [1.165, 1.54) is 0 Å². The molecule has 1 heterocycles. The smallest absolute Gasteiger partial charge is 0.291 e. The first kappa shape index (κ1) is 23.3. The second-order valence-electron chi connectivity index (χ2n) is 8.92. The van der Waals surface area contributed by atoms with Crippen LogP contribution in [0.2, 0.25) is 0 Å². The van der Waals surface area contributed by atoms with Crippen LogP contribution in [0.25, 0.3) is 11.1 Å². The van der Waals surface area contributed by atoms with E-state index in [0.29, 0.717) is 12.0 Å². The lowest BCUT2D eigenvalue weighted by molar-refractivity contribution is 0.0953. The molecule has 0 saturated carbocycles. The predicted molar refractivity (Wildman–Crippen MR) is 141 cm³/mol. The van der Waals surface area contributed by atoms with Crippen molar-refractivity contribution in [3.05, 3.63) is 113 Å². The number of furan rings is 1. The fourth-order valence-corrected chi connectivity index (χ4v) is 4.52. The number of benzene rings is 3. The van der Waals surface area contributed by atoms with Gasteiger partial charge in [-0.2, -0.15) is 5.10 Å². The molecule has 3 aromatic carbocycles. The summed E-state index contributed by atoms with van der Waals surface area (Å²) in [6.45, 7) is 3.80. The number of fused-ring (bicyclic) bond motifs is 1. The Kier molecular flexibility index (Phi) is 6.50. The number of rotatable bonds is 5. The zero-order valence-corrected chi connectivity index (χ0v) is 20.3. The van der Waals surface area contributed by atoms with Crippen molar-refractivity contribution in [3.63, 3.8) is 0 Å². The number of carbonyl (C=O) groups is 2. The zero-order valence-electron chi connectivity index (χ0n) is 20.3. The Hall–Kier alpha value is -4.45. The van der Waals surface area contributed by atoms with Crippen LogP contribution < -0.4 is 10.7 Å². The number of nitrogens with zero attached hydrogens (tertiary/aromatic N) is 1. The molecule has 1 aromatic heterocycles. The van der Waals surface area contributed by atoms with Gasteiger partial charge in [0.1, 0.15) is 5.76 Å². The summed E-state index contributed by atoms with van der Waals surface area (Å²) < 4.78 is 5.98. The molecule has 2 amide bonds. The number of anilines is 1. The number of aryl methyl sites for hydroxylation is 2. The van der Waals surface area contributed by atoms with Crippen molar-refractivity contribution in [2.75, 3.05) is 5.32 Å². The molecule has 0 fully saturated rings. The maximum atomic E-state index is 13.0. The molecule has 4 aromatic rings. The van der Waals surface area contributed by atoms with Gasteiger partial charge in [-0.3, -0.25) is 9.59 Å². The highest BCUT2D eigenvalue weighted by Gasteiger charge is 2.28. The molecular formula is C30H27N3O3. The minimum atomic E-state index is -0.293. The molecule has 0 radical (unpaired) electrons. The van der Waals surface area contributed by atoms with Gasteiger partial charge >= 0.3 is 0 Å². The van der Waals surface area contributed by atoms with E-state index in [1.807, 2.05) is 80.6 Å². The molecule has 36 heavy (non-hydrogen) atoms. The molecule has 0 unspecified atom stereocenters. The summed E-state index contributed by atoms with van der Waals surface area (Å²) in [6, 6.07) is 25.1. The maximum absolute atomic E-state index is 13.0. The molecule has 1 aliphatic carbocycles. The average molecular weight is 478 g/mol. The van der Waals surface area contributed by atoms with Crippen LogP contribution in [0.15, 0.2) is 88.4 Å². The van der Waals surface area contributed by atoms with E-state index in [4.69, 9.17) is 4.42 Å². The predicted octanol–water partition coefficient (Wildman–Crippen LogP) is 6.29. The molecule has 0 atom stereocenters. The van der Waals surface area contributed by atoms with E-state index < -0.39 is 0 Å². The van der Waals surface area contributed by atoms with Gasteiger partial charge in [0.15, 0.2) is 5.76 Å². The van der Waals surface area contributed by atoms with Crippen LogP contribution in [-0.4, -0.2) is 17.5 Å². The normalized spacial score (nSPS) is 13.8. The van der Waals surface area contributed by atoms with Gasteiger partial charge < -0.3 is 9.73 Å². The van der Waals surface area contributed by atoms with Crippen LogP contribution in [0.5, 0.6) is 0 Å². The van der Waals surface area contributed by atoms with Crippen molar-refractivity contribution in [1.82, 2.24) is 5.43 Å². The first-order valence-electron chi connectivity index (χ1n) is 12.0. The number of amides is 2. The molecule has 0 saturated heterocycles. The molecule has 6 nitrogen and oxygen atoms in total. The minimum Gasteiger partial charge on any atom is -0.455 e. The van der Waals surface area contributed by atoms with Crippen LogP contribution in [0.4, 0.5) is 5.69 Å². The van der Waals surface area contributed by atoms with Crippen LogP contribution in [0.3, 0.4) is 0 Å². The topological polar surface area (TPSA) is 83.7 Å². The molecular weight excluding hydrogens is 450 g/mol. The number of hydrogen-bond donors (Lipinski definition) is 2. The SMILES string of the molecule is Cc1ccccc1NC(=O)c1oc2c(c1C)/C(=N/NC(=O)c1ccc(-c3ccccc3)cc1)CCC2. The number of carbonyl (C=O) groups excluding carboxylic acids is 2. The first-order valence-corrected chi connectivity index (χ1v) is 12.0. The van der Waals surface area contributed by atoms with Crippen LogP contribution in [0.1, 0.15) is 56.2 Å². The number of hydrazone groups is 1. The minimum absolute atomic E-state index is 0.278. The van der Waals surface area contributed by atoms with Crippen LogP contribution in [-0.2, 0) is 6.42 Å². The lowest BCUT2D eigenvalue weighted by atomic mass is 9.93. The Labute approximate surface area is 210 Å². The summed E-state index contributed by atoms with van der Waals surface area (Å²) in [5.74, 6) is 0.431. The lowest BCUT2D eigenvalue weighted by Crippen LogP contribution is -2.22. The molecule has 180 valence electrons. The van der Waals surface area contributed by atoms with Gasteiger partial charge in [0.25, 0.3) is 11.8 Å². The standard InChI is InChI=1S/C30H27N3O3/c1-19-9-6-7-12-24(19)31-30(35)28-20(2)27-25(13-8-14-26(27)36-28)32-33-29(34)23-17-15-22(16-18-23)21-10-4-3-5-11-21/h3-7,9-12,15-18H,8,13-14H2,1-2H3,(H,31,35)(H,33,34)/b32-25+. The number of para-hydroxylation sites is 1. The van der Waals surface area contributed by atoms with Gasteiger partial charge in [0.05, 0.1) is 5.71 Å². The fraction of sp³-hybridized carbons (Fsp3) is 0.167. The monoisotopic (exact) mass is 477 g/mol. The van der Waals surface area contributed by atoms with E-state index in [-0.39, 0.29) is 17.6 Å². The fourth-order valence-electron chi connectivity index (χ4n) is 4.52. The Morgan fingerprint density at radius 1 is 0.806 bits per heavy atom. The Morgan fingerprint density at radius 3 is 2.25 bits per heavy atom. The average Bonchev–Trinajstić information content (AvgIpc) is 3.26. The molecule has 5 rings (SSSR count). The highest BCUT2D eigenvalue weighted by molar-refractivity contribution is 6.09. The number of nitrogens with one attached hydrogen (secondary N) is 2. The van der Waals surface area contributed by atoms with Gasteiger partial charge in [0, 0.05) is 28.8 Å². The summed E-state index contributed by atoms with van der Waals surface area (Å²) in [6.07, 6.45) is 2.25. The lowest BCUT2D eigenvalue weighted by Gasteiger charge is -2.13. The van der Waals surface area contributed by atoms with Gasteiger partial charge in [-0.25, -0.2) is 5.43 Å². The van der Waals surface area contributed by atoms with Crippen molar-refractivity contribution in [2.24, 2.45) is 5.10 Å². The second-order valence-corrected chi connectivity index (χ2v) is 8.92. The van der Waals surface area contributed by atoms with Crippen molar-refractivity contribution < 1.29 is 14.0 Å². The molecule has 0 aliphatic heterocycles. The second kappa shape index (κ2) is 10.0. The Morgan fingerprint density at radius 2 is 1.50 bits per heavy atom. The van der Waals surface area contributed by atoms with Gasteiger partial charge in [-0.05, 0) is 61.6 Å². The van der Waals surface area contributed by atoms with Gasteiger partial charge in [0.2, 0.25) is 0 Å². The van der Waals surface area contributed by atoms with Gasteiger partial charge in [-0.1, -0.05) is 60.7 Å². The molecule has 1 aliphatic rings. The summed E-state index contributed by atoms with van der Waals surface area (Å²) in [5.41, 5.74) is 9.34. The van der Waals surface area contributed by atoms with E-state index in [9.17, 15) is 9.59 Å². The third-order valence-electron chi connectivity index (χ3n) is 6.47. The van der Waals surface area contributed by atoms with E-state index >= 15 is 0 Å².